The zero-order chi connectivity index (χ0) is 9.47. The predicted molar refractivity (Wildman–Crippen MR) is 63.7 cm³/mol. The van der Waals surface area contributed by atoms with Crippen LogP contribution in [0.2, 0.25) is 0 Å². The molecule has 13 heavy (non-hydrogen) atoms. The lowest BCUT2D eigenvalue weighted by molar-refractivity contribution is 0.895. The predicted octanol–water partition coefficient (Wildman–Crippen LogP) is 4.36. The van der Waals surface area contributed by atoms with Gasteiger partial charge >= 0.3 is 0 Å². The molecule has 0 aromatic heterocycles. The molecule has 1 saturated carbocycles. The van der Waals surface area contributed by atoms with E-state index in [0.29, 0.717) is 9.15 Å². The molecule has 0 bridgehead atoms. The van der Waals surface area contributed by atoms with Crippen molar-refractivity contribution in [3.05, 3.63) is 35.4 Å². The van der Waals surface area contributed by atoms with Crippen LogP contribution in [0.1, 0.15) is 28.8 Å². The first-order valence-corrected chi connectivity index (χ1v) is 6.22. The molecule has 0 N–H and O–H groups in total. The lowest BCUT2D eigenvalue weighted by Gasteiger charge is -2.15. The minimum atomic E-state index is 0.336. The van der Waals surface area contributed by atoms with Gasteiger partial charge in [0.05, 0.1) is 4.83 Å². The Hall–Kier alpha value is 0.180. The number of hydrogen-bond acceptors (Lipinski definition) is 0. The Morgan fingerprint density at radius 1 is 1.23 bits per heavy atom. The molecule has 1 unspecified atom stereocenters. The molecule has 2 heteroatoms. The molecule has 1 atom stereocenters. The number of halogens is 2. The lowest BCUT2D eigenvalue weighted by Crippen LogP contribution is -2.06. The highest BCUT2D eigenvalue weighted by atomic mass is 79.9. The first-order valence-electron chi connectivity index (χ1n) is 4.51. The van der Waals surface area contributed by atoms with Crippen molar-refractivity contribution in [2.75, 3.05) is 0 Å². The van der Waals surface area contributed by atoms with Crippen molar-refractivity contribution in [3.63, 3.8) is 0 Å². The molecule has 0 radical (unpaired) electrons. The highest BCUT2D eigenvalue weighted by molar-refractivity contribution is 9.12. The Morgan fingerprint density at radius 2 is 1.77 bits per heavy atom. The van der Waals surface area contributed by atoms with Gasteiger partial charge in [-0.25, -0.2) is 0 Å². The van der Waals surface area contributed by atoms with E-state index >= 15 is 0 Å². The van der Waals surface area contributed by atoms with Gasteiger partial charge in [0.15, 0.2) is 0 Å². The van der Waals surface area contributed by atoms with Gasteiger partial charge in [-0.1, -0.05) is 61.7 Å². The summed E-state index contributed by atoms with van der Waals surface area (Å²) >= 11 is 7.51. The SMILES string of the molecule is Cc1ccc(C(Br)C2(Br)CC2)cc1. The summed E-state index contributed by atoms with van der Waals surface area (Å²) in [6, 6.07) is 8.75. The molecule has 1 aliphatic rings. The van der Waals surface area contributed by atoms with Gasteiger partial charge in [-0.3, -0.25) is 0 Å². The van der Waals surface area contributed by atoms with Crippen LogP contribution in [0.4, 0.5) is 0 Å². The summed E-state index contributed by atoms with van der Waals surface area (Å²) < 4.78 is 0.336. The molecule has 1 aliphatic carbocycles. The molecule has 1 fully saturated rings. The zero-order valence-electron chi connectivity index (χ0n) is 7.56. The molecular formula is C11H12Br2. The van der Waals surface area contributed by atoms with E-state index in [1.165, 1.54) is 24.0 Å². The average Bonchev–Trinajstić information content (AvgIpc) is 2.85. The third-order valence-electron chi connectivity index (χ3n) is 2.55. The average molecular weight is 304 g/mol. The molecule has 0 nitrogen and oxygen atoms in total. The smallest absolute Gasteiger partial charge is 0.0548 e. The molecule has 0 aliphatic heterocycles. The lowest BCUT2D eigenvalue weighted by atomic mass is 10.1. The number of aryl methyl sites for hydroxylation is 1. The summed E-state index contributed by atoms with van der Waals surface area (Å²) in [5.41, 5.74) is 2.70. The normalized spacial score (nSPS) is 21.2. The standard InChI is InChI=1S/C11H12Br2/c1-8-2-4-9(5-3-8)10(12)11(13)6-7-11/h2-5,10H,6-7H2,1H3. The summed E-state index contributed by atoms with van der Waals surface area (Å²) in [6.45, 7) is 2.12. The van der Waals surface area contributed by atoms with Crippen LogP contribution in [0.3, 0.4) is 0 Å². The van der Waals surface area contributed by atoms with E-state index in [2.05, 4.69) is 63.0 Å². The van der Waals surface area contributed by atoms with Crippen LogP contribution in [0.5, 0.6) is 0 Å². The van der Waals surface area contributed by atoms with E-state index in [0.717, 1.165) is 0 Å². The highest BCUT2D eigenvalue weighted by Crippen LogP contribution is 2.57. The van der Waals surface area contributed by atoms with E-state index < -0.39 is 0 Å². The van der Waals surface area contributed by atoms with Crippen molar-refractivity contribution >= 4 is 31.9 Å². The van der Waals surface area contributed by atoms with Gasteiger partial charge < -0.3 is 0 Å². The fraction of sp³-hybridized carbons (Fsp3) is 0.455. The van der Waals surface area contributed by atoms with Crippen molar-refractivity contribution < 1.29 is 0 Å². The fourth-order valence-electron chi connectivity index (χ4n) is 1.41. The summed E-state index contributed by atoms with van der Waals surface area (Å²) in [7, 11) is 0. The van der Waals surface area contributed by atoms with E-state index in [1.54, 1.807) is 0 Å². The van der Waals surface area contributed by atoms with Crippen LogP contribution in [0, 0.1) is 6.92 Å². The van der Waals surface area contributed by atoms with Crippen molar-refractivity contribution in [3.8, 4) is 0 Å². The minimum Gasteiger partial charge on any atom is -0.0837 e. The largest absolute Gasteiger partial charge is 0.0837 e. The number of hydrogen-bond donors (Lipinski definition) is 0. The third kappa shape index (κ3) is 1.99. The Labute approximate surface area is 96.0 Å². The van der Waals surface area contributed by atoms with E-state index in [-0.39, 0.29) is 0 Å². The molecule has 0 saturated heterocycles. The number of rotatable bonds is 2. The summed E-state index contributed by atoms with van der Waals surface area (Å²) in [5, 5.41) is 0. The van der Waals surface area contributed by atoms with Gasteiger partial charge in [0, 0.05) is 4.32 Å². The van der Waals surface area contributed by atoms with Crippen LogP contribution in [-0.4, -0.2) is 4.32 Å². The monoisotopic (exact) mass is 302 g/mol. The first kappa shape index (κ1) is 9.72. The van der Waals surface area contributed by atoms with Crippen LogP contribution in [0.25, 0.3) is 0 Å². The molecule has 0 heterocycles. The van der Waals surface area contributed by atoms with Crippen molar-refractivity contribution in [2.45, 2.75) is 28.9 Å². The van der Waals surface area contributed by atoms with Crippen molar-refractivity contribution in [1.29, 1.82) is 0 Å². The summed E-state index contributed by atoms with van der Waals surface area (Å²) in [6.07, 6.45) is 2.55. The van der Waals surface area contributed by atoms with Crippen LogP contribution in [-0.2, 0) is 0 Å². The maximum atomic E-state index is 3.76. The van der Waals surface area contributed by atoms with E-state index in [1.807, 2.05) is 0 Å². The van der Waals surface area contributed by atoms with Crippen LogP contribution in [0.15, 0.2) is 24.3 Å². The zero-order valence-corrected chi connectivity index (χ0v) is 10.7. The van der Waals surface area contributed by atoms with Gasteiger partial charge in [-0.05, 0) is 25.3 Å². The van der Waals surface area contributed by atoms with E-state index in [4.69, 9.17) is 0 Å². The topological polar surface area (TPSA) is 0 Å². The second kappa shape index (κ2) is 3.39. The third-order valence-corrected chi connectivity index (χ3v) is 5.82. The minimum absolute atomic E-state index is 0.336. The second-order valence-corrected chi connectivity index (χ2v) is 6.30. The molecule has 2 rings (SSSR count). The Bertz CT molecular complexity index is 298. The van der Waals surface area contributed by atoms with Crippen molar-refractivity contribution in [2.24, 2.45) is 0 Å². The second-order valence-electron chi connectivity index (χ2n) is 3.81. The first-order chi connectivity index (χ1) is 6.12. The fourth-order valence-corrected chi connectivity index (χ4v) is 2.63. The Morgan fingerprint density at radius 3 is 2.23 bits per heavy atom. The number of alkyl halides is 2. The quantitative estimate of drug-likeness (QED) is 0.712. The molecule has 70 valence electrons. The van der Waals surface area contributed by atoms with Gasteiger partial charge in [-0.15, -0.1) is 0 Å². The molecule has 1 aromatic rings. The Kier molecular flexibility index (Phi) is 2.54. The van der Waals surface area contributed by atoms with E-state index in [9.17, 15) is 0 Å². The highest BCUT2D eigenvalue weighted by Gasteiger charge is 2.46. The Balaban J connectivity index is 2.20. The van der Waals surface area contributed by atoms with Gasteiger partial charge in [0.25, 0.3) is 0 Å². The van der Waals surface area contributed by atoms with Gasteiger partial charge in [0.2, 0.25) is 0 Å². The van der Waals surface area contributed by atoms with Crippen LogP contribution < -0.4 is 0 Å². The maximum Gasteiger partial charge on any atom is 0.0548 e. The summed E-state index contributed by atoms with van der Waals surface area (Å²) in [4.78, 5) is 0.459. The number of benzene rings is 1. The molecule has 0 amide bonds. The van der Waals surface area contributed by atoms with Crippen LogP contribution >= 0.6 is 31.9 Å². The maximum absolute atomic E-state index is 3.76. The van der Waals surface area contributed by atoms with Gasteiger partial charge in [0.1, 0.15) is 0 Å². The molecular weight excluding hydrogens is 292 g/mol. The molecule has 0 spiro atoms. The molecule has 1 aromatic carbocycles. The van der Waals surface area contributed by atoms with Crippen molar-refractivity contribution in [1.82, 2.24) is 0 Å². The van der Waals surface area contributed by atoms with Gasteiger partial charge in [-0.2, -0.15) is 0 Å². The summed E-state index contributed by atoms with van der Waals surface area (Å²) in [5.74, 6) is 0.